The molecule has 1 amide bonds. The molecule has 0 unspecified atom stereocenters. The van der Waals surface area contributed by atoms with Gasteiger partial charge in [-0.05, 0) is 40.9 Å². The van der Waals surface area contributed by atoms with Gasteiger partial charge in [-0.3, -0.25) is 4.79 Å². The summed E-state index contributed by atoms with van der Waals surface area (Å²) in [6.45, 7) is 3.90. The lowest BCUT2D eigenvalue weighted by Crippen LogP contribution is -2.44. The molecule has 1 aromatic heterocycles. The van der Waals surface area contributed by atoms with Gasteiger partial charge in [-0.25, -0.2) is 0 Å². The number of hydrogen-bond donors (Lipinski definition) is 1. The van der Waals surface area contributed by atoms with E-state index in [0.29, 0.717) is 12.1 Å². The Hall–Kier alpha value is -2.96. The molecule has 2 atom stereocenters. The lowest BCUT2D eigenvalue weighted by molar-refractivity contribution is -0.389. The van der Waals surface area contributed by atoms with E-state index < -0.39 is 4.92 Å². The fourth-order valence-electron chi connectivity index (χ4n) is 3.28. The molecule has 2 aromatic rings. The number of fused-ring (bicyclic) bond motifs is 1. The van der Waals surface area contributed by atoms with Crippen LogP contribution < -0.4 is 10.2 Å². The topological polar surface area (TPSA) is 88.4 Å². The van der Waals surface area contributed by atoms with Crippen molar-refractivity contribution in [3.05, 3.63) is 58.3 Å². The number of carbonyl (C=O) groups is 1. The number of anilines is 2. The Morgan fingerprint density at radius 2 is 2.12 bits per heavy atom. The monoisotopic (exact) mass is 340 g/mol. The molecule has 3 rings (SSSR count). The number of nitro groups is 1. The van der Waals surface area contributed by atoms with Crippen LogP contribution in [0.4, 0.5) is 17.2 Å². The largest absolute Gasteiger partial charge is 0.375 e. The third-order valence-electron chi connectivity index (χ3n) is 4.44. The summed E-state index contributed by atoms with van der Waals surface area (Å²) in [4.78, 5) is 28.3. The number of benzene rings is 1. The van der Waals surface area contributed by atoms with Gasteiger partial charge in [0.2, 0.25) is 5.91 Å². The second kappa shape index (κ2) is 6.88. The fraction of sp³-hybridized carbons (Fsp3) is 0.333. The molecule has 0 aliphatic carbocycles. The van der Waals surface area contributed by atoms with Crippen LogP contribution in [0.1, 0.15) is 38.3 Å². The van der Waals surface area contributed by atoms with E-state index in [9.17, 15) is 14.9 Å². The van der Waals surface area contributed by atoms with Crippen molar-refractivity contribution >= 4 is 23.1 Å². The van der Waals surface area contributed by atoms with Crippen molar-refractivity contribution in [3.63, 3.8) is 0 Å². The Labute approximate surface area is 145 Å². The van der Waals surface area contributed by atoms with E-state index in [-0.39, 0.29) is 23.8 Å². The molecular weight excluding hydrogens is 320 g/mol. The van der Waals surface area contributed by atoms with Crippen LogP contribution in [0, 0.1) is 10.1 Å². The van der Waals surface area contributed by atoms with Gasteiger partial charge in [-0.2, -0.15) is 0 Å². The minimum Gasteiger partial charge on any atom is -0.375 e. The van der Waals surface area contributed by atoms with Crippen molar-refractivity contribution in [3.8, 4) is 0 Å². The Morgan fingerprint density at radius 3 is 2.76 bits per heavy atom. The molecule has 25 heavy (non-hydrogen) atoms. The third-order valence-corrected chi connectivity index (χ3v) is 4.44. The number of amides is 1. The molecule has 7 nitrogen and oxygen atoms in total. The van der Waals surface area contributed by atoms with Crippen LogP contribution in [0.2, 0.25) is 0 Å². The average Bonchev–Trinajstić information content (AvgIpc) is 2.62. The van der Waals surface area contributed by atoms with Gasteiger partial charge in [0, 0.05) is 24.2 Å². The van der Waals surface area contributed by atoms with E-state index >= 15 is 0 Å². The molecule has 1 aliphatic heterocycles. The first-order valence-electron chi connectivity index (χ1n) is 8.29. The molecular formula is C18H20N4O3. The summed E-state index contributed by atoms with van der Waals surface area (Å²) in [7, 11) is 0. The zero-order valence-electron chi connectivity index (χ0n) is 14.2. The van der Waals surface area contributed by atoms with Crippen LogP contribution in [0.25, 0.3) is 0 Å². The third kappa shape index (κ3) is 3.31. The quantitative estimate of drug-likeness (QED) is 0.677. The van der Waals surface area contributed by atoms with Crippen LogP contribution in [0.5, 0.6) is 0 Å². The van der Waals surface area contributed by atoms with Crippen molar-refractivity contribution in [2.75, 3.05) is 10.2 Å². The van der Waals surface area contributed by atoms with Gasteiger partial charge in [0.1, 0.15) is 0 Å². The predicted molar refractivity (Wildman–Crippen MR) is 95.6 cm³/mol. The second-order valence-corrected chi connectivity index (χ2v) is 6.12. The van der Waals surface area contributed by atoms with Crippen LogP contribution in [-0.2, 0) is 4.79 Å². The van der Waals surface area contributed by atoms with Gasteiger partial charge in [-0.1, -0.05) is 25.1 Å². The summed E-state index contributed by atoms with van der Waals surface area (Å²) in [5, 5.41) is 14.1. The normalized spacial score (nSPS) is 19.2. The first-order valence-corrected chi connectivity index (χ1v) is 8.29. The molecule has 0 bridgehead atoms. The van der Waals surface area contributed by atoms with Crippen molar-refractivity contribution in [1.82, 2.24) is 4.98 Å². The molecule has 1 aliphatic rings. The lowest BCUT2D eigenvalue weighted by Gasteiger charge is -2.39. The van der Waals surface area contributed by atoms with Gasteiger partial charge >= 0.3 is 5.82 Å². The SMILES string of the molecule is CCC(=O)N1c2ccccc2[C@H](Nc2ccc([N+](=O)[O-])nc2)C[C@@H]1C. The van der Waals surface area contributed by atoms with Crippen LogP contribution in [0.3, 0.4) is 0 Å². The average molecular weight is 340 g/mol. The van der Waals surface area contributed by atoms with Gasteiger partial charge in [0.25, 0.3) is 0 Å². The molecule has 130 valence electrons. The highest BCUT2D eigenvalue weighted by Crippen LogP contribution is 2.39. The number of rotatable bonds is 4. The zero-order valence-corrected chi connectivity index (χ0v) is 14.2. The zero-order chi connectivity index (χ0) is 18.0. The molecule has 0 saturated heterocycles. The standard InChI is InChI=1S/C18H20N4O3/c1-3-18(23)21-12(2)10-15(14-6-4-5-7-16(14)21)20-13-8-9-17(19-11-13)22(24)25/h4-9,11-12,15,20H,3,10H2,1-2H3/t12-,15+/m0/s1. The lowest BCUT2D eigenvalue weighted by atomic mass is 9.91. The predicted octanol–water partition coefficient (Wildman–Crippen LogP) is 3.68. The van der Waals surface area contributed by atoms with E-state index in [0.717, 1.165) is 17.7 Å². The maximum absolute atomic E-state index is 12.3. The molecule has 0 radical (unpaired) electrons. The summed E-state index contributed by atoms with van der Waals surface area (Å²) in [6.07, 6.45) is 2.68. The van der Waals surface area contributed by atoms with E-state index in [1.807, 2.05) is 43.0 Å². The number of pyridine rings is 1. The second-order valence-electron chi connectivity index (χ2n) is 6.12. The number of hydrogen-bond acceptors (Lipinski definition) is 5. The molecule has 0 fully saturated rings. The van der Waals surface area contributed by atoms with Gasteiger partial charge < -0.3 is 20.3 Å². The summed E-state index contributed by atoms with van der Waals surface area (Å²) in [6, 6.07) is 11.0. The summed E-state index contributed by atoms with van der Waals surface area (Å²) in [5.74, 6) is -0.0712. The maximum Gasteiger partial charge on any atom is 0.363 e. The van der Waals surface area contributed by atoms with Crippen LogP contribution in [0.15, 0.2) is 42.6 Å². The van der Waals surface area contributed by atoms with Gasteiger partial charge in [-0.15, -0.1) is 0 Å². The van der Waals surface area contributed by atoms with Crippen molar-refractivity contribution in [2.45, 2.75) is 38.8 Å². The summed E-state index contributed by atoms with van der Waals surface area (Å²) < 4.78 is 0. The maximum atomic E-state index is 12.3. The number of nitrogens with zero attached hydrogens (tertiary/aromatic N) is 3. The van der Waals surface area contributed by atoms with Gasteiger partial charge in [0.05, 0.1) is 11.7 Å². The molecule has 1 aromatic carbocycles. The number of para-hydroxylation sites is 1. The van der Waals surface area contributed by atoms with E-state index in [1.165, 1.54) is 12.3 Å². The Morgan fingerprint density at radius 1 is 1.36 bits per heavy atom. The van der Waals surface area contributed by atoms with E-state index in [4.69, 9.17) is 0 Å². The first kappa shape index (κ1) is 16.9. The molecule has 1 N–H and O–H groups in total. The highest BCUT2D eigenvalue weighted by atomic mass is 16.6. The number of nitrogens with one attached hydrogen (secondary N) is 1. The molecule has 7 heteroatoms. The Balaban J connectivity index is 1.89. The summed E-state index contributed by atoms with van der Waals surface area (Å²) in [5.41, 5.74) is 2.68. The highest BCUT2D eigenvalue weighted by molar-refractivity contribution is 5.95. The summed E-state index contributed by atoms with van der Waals surface area (Å²) >= 11 is 0. The van der Waals surface area contributed by atoms with Gasteiger partial charge in [0.15, 0.2) is 6.20 Å². The smallest absolute Gasteiger partial charge is 0.363 e. The van der Waals surface area contributed by atoms with Crippen LogP contribution in [-0.4, -0.2) is 21.9 Å². The van der Waals surface area contributed by atoms with E-state index in [2.05, 4.69) is 10.3 Å². The van der Waals surface area contributed by atoms with Crippen molar-refractivity contribution < 1.29 is 9.72 Å². The highest BCUT2D eigenvalue weighted by Gasteiger charge is 2.32. The minimum atomic E-state index is -0.518. The van der Waals surface area contributed by atoms with E-state index in [1.54, 1.807) is 6.07 Å². The molecule has 0 saturated carbocycles. The van der Waals surface area contributed by atoms with Crippen molar-refractivity contribution in [2.24, 2.45) is 0 Å². The number of carbonyl (C=O) groups excluding carboxylic acids is 1. The number of aromatic nitrogens is 1. The van der Waals surface area contributed by atoms with Crippen molar-refractivity contribution in [1.29, 1.82) is 0 Å². The molecule has 0 spiro atoms. The first-order chi connectivity index (χ1) is 12.0. The van der Waals surface area contributed by atoms with Crippen LogP contribution >= 0.6 is 0 Å². The Kier molecular flexibility index (Phi) is 4.65. The Bertz CT molecular complexity index is 791. The molecule has 2 heterocycles. The fourth-order valence-corrected chi connectivity index (χ4v) is 3.28. The minimum absolute atomic E-state index is 0.00959.